The lowest BCUT2D eigenvalue weighted by Crippen LogP contribution is -2.27. The van der Waals surface area contributed by atoms with Crippen molar-refractivity contribution in [2.45, 2.75) is 46.3 Å². The molecule has 0 aliphatic carbocycles. The van der Waals surface area contributed by atoms with E-state index < -0.39 is 0 Å². The summed E-state index contributed by atoms with van der Waals surface area (Å²) in [6.45, 7) is 6.75. The van der Waals surface area contributed by atoms with Gasteiger partial charge in [-0.3, -0.25) is 4.79 Å². The van der Waals surface area contributed by atoms with Gasteiger partial charge in [0.25, 0.3) is 5.91 Å². The molecule has 25 heavy (non-hydrogen) atoms. The molecular weight excluding hydrogens is 320 g/mol. The van der Waals surface area contributed by atoms with E-state index in [2.05, 4.69) is 22.4 Å². The third-order valence-corrected chi connectivity index (χ3v) is 3.68. The Morgan fingerprint density at radius 3 is 2.60 bits per heavy atom. The van der Waals surface area contributed by atoms with Crippen LogP contribution in [-0.2, 0) is 17.8 Å². The summed E-state index contributed by atoms with van der Waals surface area (Å²) in [5.74, 6) is -0.343. The van der Waals surface area contributed by atoms with Crippen LogP contribution in [0.25, 0.3) is 5.69 Å². The first-order valence-corrected chi connectivity index (χ1v) is 8.61. The number of carbonyl (C=O) groups is 1. The van der Waals surface area contributed by atoms with Crippen LogP contribution in [0.2, 0.25) is 0 Å². The zero-order chi connectivity index (χ0) is 18.2. The number of aliphatic hydroxyl groups excluding tert-OH is 1. The molecule has 0 spiro atoms. The first kappa shape index (κ1) is 19.1. The molecule has 0 atom stereocenters. The average Bonchev–Trinajstić information content (AvgIpc) is 3.05. The van der Waals surface area contributed by atoms with Gasteiger partial charge in [0.15, 0.2) is 5.69 Å². The molecule has 0 aliphatic rings. The predicted octanol–water partition coefficient (Wildman–Crippen LogP) is 1.87. The normalized spacial score (nSPS) is 11.1. The van der Waals surface area contributed by atoms with Crippen molar-refractivity contribution in [1.82, 2.24) is 20.3 Å². The van der Waals surface area contributed by atoms with Crippen LogP contribution < -0.4 is 5.32 Å². The molecule has 0 bridgehead atoms. The Labute approximate surface area is 148 Å². The van der Waals surface area contributed by atoms with Crippen LogP contribution in [0, 0.1) is 0 Å². The second-order valence-electron chi connectivity index (χ2n) is 5.99. The monoisotopic (exact) mass is 346 g/mol. The van der Waals surface area contributed by atoms with Crippen LogP contribution in [0.1, 0.15) is 48.9 Å². The van der Waals surface area contributed by atoms with Crippen molar-refractivity contribution < 1.29 is 14.6 Å². The first-order valence-electron chi connectivity index (χ1n) is 8.61. The number of aromatic nitrogens is 3. The third-order valence-electron chi connectivity index (χ3n) is 3.68. The number of carbonyl (C=O) groups excluding carboxylic acids is 1. The molecule has 1 amide bonds. The number of hydrogen-bond acceptors (Lipinski definition) is 5. The largest absolute Gasteiger partial charge is 0.390 e. The highest BCUT2D eigenvalue weighted by Gasteiger charge is 2.18. The van der Waals surface area contributed by atoms with Crippen LogP contribution in [0.5, 0.6) is 0 Å². The highest BCUT2D eigenvalue weighted by molar-refractivity contribution is 5.93. The van der Waals surface area contributed by atoms with Gasteiger partial charge in [0.2, 0.25) is 0 Å². The van der Waals surface area contributed by atoms with Crippen molar-refractivity contribution in [3.63, 3.8) is 0 Å². The van der Waals surface area contributed by atoms with Crippen LogP contribution >= 0.6 is 0 Å². The molecule has 0 unspecified atom stereocenters. The summed E-state index contributed by atoms with van der Waals surface area (Å²) in [6, 6.07) is 7.77. The highest BCUT2D eigenvalue weighted by Crippen LogP contribution is 2.11. The summed E-state index contributed by atoms with van der Waals surface area (Å²) < 4.78 is 5.43. The van der Waals surface area contributed by atoms with E-state index in [-0.39, 0.29) is 30.0 Å². The lowest BCUT2D eigenvalue weighted by molar-refractivity contribution is 0.0756. The van der Waals surface area contributed by atoms with E-state index in [4.69, 9.17) is 4.74 Å². The number of nitrogens with one attached hydrogen (secondary N) is 1. The Kier molecular flexibility index (Phi) is 7.09. The molecule has 2 N–H and O–H groups in total. The lowest BCUT2D eigenvalue weighted by atomic mass is 10.2. The van der Waals surface area contributed by atoms with Gasteiger partial charge in [-0.25, -0.2) is 0 Å². The van der Waals surface area contributed by atoms with Gasteiger partial charge in [0.1, 0.15) is 5.69 Å². The maximum atomic E-state index is 12.3. The fraction of sp³-hybridized carbons (Fsp3) is 0.500. The number of amides is 1. The van der Waals surface area contributed by atoms with Crippen LogP contribution in [0.3, 0.4) is 0 Å². The van der Waals surface area contributed by atoms with Crippen molar-refractivity contribution in [2.24, 2.45) is 0 Å². The molecule has 0 saturated heterocycles. The maximum absolute atomic E-state index is 12.3. The molecule has 1 heterocycles. The molecule has 2 rings (SSSR count). The van der Waals surface area contributed by atoms with Crippen molar-refractivity contribution in [1.29, 1.82) is 0 Å². The lowest BCUT2D eigenvalue weighted by Gasteiger charge is -2.07. The Morgan fingerprint density at radius 1 is 1.28 bits per heavy atom. The fourth-order valence-electron chi connectivity index (χ4n) is 2.28. The SMILES string of the molecule is CCc1ccc(-n2nc(CO)c(C(=O)NCCCOC(C)C)n2)cc1. The number of aryl methyl sites for hydroxylation is 1. The number of benzene rings is 1. The third kappa shape index (κ3) is 5.37. The Bertz CT molecular complexity index is 680. The summed E-state index contributed by atoms with van der Waals surface area (Å²) in [5.41, 5.74) is 2.36. The Hall–Kier alpha value is -2.25. The predicted molar refractivity (Wildman–Crippen MR) is 94.7 cm³/mol. The maximum Gasteiger partial charge on any atom is 0.273 e. The average molecular weight is 346 g/mol. The smallest absolute Gasteiger partial charge is 0.273 e. The molecule has 1 aromatic heterocycles. The minimum absolute atomic E-state index is 0.145. The Balaban J connectivity index is 2.02. The minimum atomic E-state index is -0.343. The van der Waals surface area contributed by atoms with Gasteiger partial charge >= 0.3 is 0 Å². The highest BCUT2D eigenvalue weighted by atomic mass is 16.5. The molecule has 0 saturated carbocycles. The minimum Gasteiger partial charge on any atom is -0.390 e. The molecule has 7 heteroatoms. The number of nitrogens with zero attached hydrogens (tertiary/aromatic N) is 3. The fourth-order valence-corrected chi connectivity index (χ4v) is 2.28. The van der Waals surface area contributed by atoms with Crippen molar-refractivity contribution in [3.05, 3.63) is 41.2 Å². The van der Waals surface area contributed by atoms with E-state index in [0.717, 1.165) is 12.1 Å². The zero-order valence-corrected chi connectivity index (χ0v) is 15.0. The van der Waals surface area contributed by atoms with Crippen molar-refractivity contribution in [2.75, 3.05) is 13.2 Å². The van der Waals surface area contributed by atoms with E-state index in [9.17, 15) is 9.90 Å². The van der Waals surface area contributed by atoms with Crippen LogP contribution in [0.15, 0.2) is 24.3 Å². The van der Waals surface area contributed by atoms with Crippen molar-refractivity contribution in [3.8, 4) is 5.69 Å². The summed E-state index contributed by atoms with van der Waals surface area (Å²) in [6.07, 6.45) is 1.84. The van der Waals surface area contributed by atoms with Gasteiger partial charge in [-0.05, 0) is 44.4 Å². The number of aliphatic hydroxyl groups is 1. The van der Waals surface area contributed by atoms with Gasteiger partial charge in [-0.15, -0.1) is 10.2 Å². The molecule has 0 aliphatic heterocycles. The summed E-state index contributed by atoms with van der Waals surface area (Å²) in [5, 5.41) is 20.7. The van der Waals surface area contributed by atoms with Gasteiger partial charge < -0.3 is 15.2 Å². The molecule has 2 aromatic rings. The van der Waals surface area contributed by atoms with E-state index in [0.29, 0.717) is 19.6 Å². The van der Waals surface area contributed by atoms with E-state index in [1.807, 2.05) is 38.1 Å². The number of rotatable bonds is 9. The van der Waals surface area contributed by atoms with Gasteiger partial charge in [0, 0.05) is 13.2 Å². The standard InChI is InChI=1S/C18H26N4O3/c1-4-14-6-8-15(9-7-14)22-20-16(12-23)17(21-22)18(24)19-10-5-11-25-13(2)3/h6-9,13,23H,4-5,10-12H2,1-3H3,(H,19,24). The summed E-state index contributed by atoms with van der Waals surface area (Å²) >= 11 is 0. The van der Waals surface area contributed by atoms with Gasteiger partial charge in [0.05, 0.1) is 18.4 Å². The summed E-state index contributed by atoms with van der Waals surface area (Å²) in [7, 11) is 0. The molecule has 136 valence electrons. The van der Waals surface area contributed by atoms with E-state index in [1.54, 1.807) is 0 Å². The first-order chi connectivity index (χ1) is 12.0. The topological polar surface area (TPSA) is 89.3 Å². The Morgan fingerprint density at radius 2 is 2.00 bits per heavy atom. The number of ether oxygens (including phenoxy) is 1. The van der Waals surface area contributed by atoms with Gasteiger partial charge in [-0.1, -0.05) is 19.1 Å². The molecular formula is C18H26N4O3. The van der Waals surface area contributed by atoms with Crippen LogP contribution in [-0.4, -0.2) is 45.3 Å². The zero-order valence-electron chi connectivity index (χ0n) is 15.0. The van der Waals surface area contributed by atoms with Crippen LogP contribution in [0.4, 0.5) is 0 Å². The van der Waals surface area contributed by atoms with E-state index >= 15 is 0 Å². The molecule has 1 aromatic carbocycles. The van der Waals surface area contributed by atoms with Gasteiger partial charge in [-0.2, -0.15) is 4.80 Å². The molecule has 0 radical (unpaired) electrons. The quantitative estimate of drug-likeness (QED) is 0.677. The second-order valence-corrected chi connectivity index (χ2v) is 5.99. The van der Waals surface area contributed by atoms with Crippen molar-refractivity contribution >= 4 is 5.91 Å². The molecule has 7 nitrogen and oxygen atoms in total. The summed E-state index contributed by atoms with van der Waals surface area (Å²) in [4.78, 5) is 13.7. The molecule has 0 fully saturated rings. The second kappa shape index (κ2) is 9.29. The van der Waals surface area contributed by atoms with E-state index in [1.165, 1.54) is 10.4 Å². The number of hydrogen-bond donors (Lipinski definition) is 2.